The van der Waals surface area contributed by atoms with E-state index in [-0.39, 0.29) is 11.5 Å². The Bertz CT molecular complexity index is 534. The Balaban J connectivity index is 1.93. The van der Waals surface area contributed by atoms with Crippen molar-refractivity contribution in [2.75, 3.05) is 53.6 Å². The van der Waals surface area contributed by atoms with E-state index in [1.807, 2.05) is 7.05 Å². The van der Waals surface area contributed by atoms with Gasteiger partial charge in [0.05, 0.1) is 19.3 Å². The highest BCUT2D eigenvalue weighted by molar-refractivity contribution is 5.33. The van der Waals surface area contributed by atoms with E-state index in [0.29, 0.717) is 0 Å². The van der Waals surface area contributed by atoms with Crippen molar-refractivity contribution < 1.29 is 14.2 Å². The van der Waals surface area contributed by atoms with Gasteiger partial charge in [-0.2, -0.15) is 0 Å². The van der Waals surface area contributed by atoms with E-state index < -0.39 is 0 Å². The molecular weight excluding hydrogens is 352 g/mol. The van der Waals surface area contributed by atoms with Crippen molar-refractivity contribution in [3.05, 3.63) is 29.8 Å². The van der Waals surface area contributed by atoms with Crippen LogP contribution in [0.5, 0.6) is 5.75 Å². The zero-order valence-corrected chi connectivity index (χ0v) is 18.3. The summed E-state index contributed by atoms with van der Waals surface area (Å²) in [6.45, 7) is 10.2. The summed E-state index contributed by atoms with van der Waals surface area (Å²) in [6.07, 6.45) is 4.60. The highest BCUT2D eigenvalue weighted by Crippen LogP contribution is 2.39. The first-order valence-electron chi connectivity index (χ1n) is 10.9. The molecule has 0 bridgehead atoms. The third-order valence-electron chi connectivity index (χ3n) is 5.67. The summed E-state index contributed by atoms with van der Waals surface area (Å²) in [5.41, 5.74) is 1.42. The molecule has 28 heavy (non-hydrogen) atoms. The van der Waals surface area contributed by atoms with Crippen LogP contribution in [0, 0.1) is 5.41 Å². The number of nitrogens with one attached hydrogen (secondary N) is 1. The van der Waals surface area contributed by atoms with E-state index in [1.165, 1.54) is 5.56 Å². The summed E-state index contributed by atoms with van der Waals surface area (Å²) in [4.78, 5) is 2.33. The summed E-state index contributed by atoms with van der Waals surface area (Å²) in [6, 6.07) is 8.47. The lowest BCUT2D eigenvalue weighted by Crippen LogP contribution is -2.39. The summed E-state index contributed by atoms with van der Waals surface area (Å²) in [5, 5.41) is 3.21. The molecule has 5 nitrogen and oxygen atoms in total. The van der Waals surface area contributed by atoms with Crippen molar-refractivity contribution in [1.82, 2.24) is 10.2 Å². The number of hydrogen-bond donors (Lipinski definition) is 1. The summed E-state index contributed by atoms with van der Waals surface area (Å²) in [5.74, 6) is 1.03. The maximum Gasteiger partial charge on any atom is 0.124 e. The van der Waals surface area contributed by atoms with Gasteiger partial charge >= 0.3 is 0 Å². The predicted octanol–water partition coefficient (Wildman–Crippen LogP) is 3.72. The third kappa shape index (κ3) is 7.36. The molecule has 5 heteroatoms. The van der Waals surface area contributed by atoms with Crippen LogP contribution in [0.15, 0.2) is 24.3 Å². The van der Waals surface area contributed by atoms with Crippen LogP contribution in [0.4, 0.5) is 0 Å². The van der Waals surface area contributed by atoms with Crippen molar-refractivity contribution in [2.45, 2.75) is 52.2 Å². The van der Waals surface area contributed by atoms with Gasteiger partial charge in [-0.1, -0.05) is 18.2 Å². The van der Waals surface area contributed by atoms with Gasteiger partial charge in [0.15, 0.2) is 0 Å². The molecule has 0 aliphatic heterocycles. The number of rotatable bonds is 13. The first kappa shape index (κ1) is 23.1. The van der Waals surface area contributed by atoms with Crippen LogP contribution in [0.25, 0.3) is 0 Å². The fourth-order valence-corrected chi connectivity index (χ4v) is 3.89. The molecule has 0 aromatic heterocycles. The summed E-state index contributed by atoms with van der Waals surface area (Å²) >= 11 is 0. The van der Waals surface area contributed by atoms with Crippen LogP contribution in [-0.2, 0) is 16.0 Å². The fourth-order valence-electron chi connectivity index (χ4n) is 3.89. The average Bonchev–Trinajstić information content (AvgIpc) is 2.72. The van der Waals surface area contributed by atoms with Gasteiger partial charge in [0, 0.05) is 43.8 Å². The van der Waals surface area contributed by atoms with Gasteiger partial charge in [-0.25, -0.2) is 0 Å². The van der Waals surface area contributed by atoms with Crippen molar-refractivity contribution >= 4 is 0 Å². The SMILES string of the molecule is CCOCC1(COCC)CCC(Oc2ccccc2CN(C)CCNC)CC1. The lowest BCUT2D eigenvalue weighted by Gasteiger charge is -2.39. The molecule has 0 heterocycles. The molecule has 1 aliphatic rings. The van der Waals surface area contributed by atoms with Gasteiger partial charge in [-0.05, 0) is 59.7 Å². The number of hydrogen-bond acceptors (Lipinski definition) is 5. The van der Waals surface area contributed by atoms with E-state index >= 15 is 0 Å². The van der Waals surface area contributed by atoms with Crippen molar-refractivity contribution in [2.24, 2.45) is 5.41 Å². The Morgan fingerprint density at radius 1 is 1.07 bits per heavy atom. The Morgan fingerprint density at radius 3 is 2.32 bits per heavy atom. The van der Waals surface area contributed by atoms with E-state index in [2.05, 4.69) is 55.4 Å². The lowest BCUT2D eigenvalue weighted by atomic mass is 9.74. The third-order valence-corrected chi connectivity index (χ3v) is 5.67. The molecule has 0 spiro atoms. The van der Waals surface area contributed by atoms with Crippen molar-refractivity contribution in [1.29, 1.82) is 0 Å². The molecule has 0 unspecified atom stereocenters. The van der Waals surface area contributed by atoms with E-state index in [4.69, 9.17) is 14.2 Å². The smallest absolute Gasteiger partial charge is 0.124 e. The summed E-state index contributed by atoms with van der Waals surface area (Å²) < 4.78 is 18.1. The maximum absolute atomic E-state index is 6.47. The Morgan fingerprint density at radius 2 is 1.71 bits per heavy atom. The van der Waals surface area contributed by atoms with Crippen LogP contribution < -0.4 is 10.1 Å². The maximum atomic E-state index is 6.47. The molecule has 1 aromatic rings. The molecule has 0 saturated heterocycles. The van der Waals surface area contributed by atoms with Gasteiger partial charge in [0.25, 0.3) is 0 Å². The second-order valence-electron chi connectivity index (χ2n) is 8.04. The predicted molar refractivity (Wildman–Crippen MR) is 115 cm³/mol. The average molecular weight is 393 g/mol. The standard InChI is InChI=1S/C23H40N2O3/c1-5-26-18-23(19-27-6-2)13-11-21(12-14-23)28-22-10-8-7-9-20(22)17-25(4)16-15-24-3/h7-10,21,24H,5-6,11-19H2,1-4H3. The molecule has 1 aromatic carbocycles. The van der Waals surface area contributed by atoms with Crippen LogP contribution in [0.3, 0.4) is 0 Å². The number of benzene rings is 1. The minimum absolute atomic E-state index is 0.152. The Kier molecular flexibility index (Phi) is 10.3. The number of likely N-dealkylation sites (N-methyl/N-ethyl adjacent to an activating group) is 2. The zero-order chi connectivity index (χ0) is 20.2. The zero-order valence-electron chi connectivity index (χ0n) is 18.3. The summed E-state index contributed by atoms with van der Waals surface area (Å²) in [7, 11) is 4.15. The second-order valence-corrected chi connectivity index (χ2v) is 8.04. The highest BCUT2D eigenvalue weighted by atomic mass is 16.5. The van der Waals surface area contributed by atoms with Crippen LogP contribution in [0.2, 0.25) is 0 Å². The monoisotopic (exact) mass is 392 g/mol. The molecule has 2 rings (SSSR count). The van der Waals surface area contributed by atoms with Crippen LogP contribution >= 0.6 is 0 Å². The molecule has 160 valence electrons. The fraction of sp³-hybridized carbons (Fsp3) is 0.739. The number of para-hydroxylation sites is 1. The van der Waals surface area contributed by atoms with E-state index in [0.717, 1.165) is 77.5 Å². The molecule has 1 N–H and O–H groups in total. The minimum Gasteiger partial charge on any atom is -0.490 e. The molecule has 1 fully saturated rings. The van der Waals surface area contributed by atoms with Crippen molar-refractivity contribution in [3.8, 4) is 5.75 Å². The number of nitrogens with zero attached hydrogens (tertiary/aromatic N) is 1. The topological polar surface area (TPSA) is 43.0 Å². The molecule has 0 amide bonds. The van der Waals surface area contributed by atoms with E-state index in [1.54, 1.807) is 0 Å². The molecule has 0 radical (unpaired) electrons. The Hall–Kier alpha value is -1.14. The molecule has 1 aliphatic carbocycles. The molecule has 1 saturated carbocycles. The van der Waals surface area contributed by atoms with Crippen LogP contribution in [0.1, 0.15) is 45.1 Å². The van der Waals surface area contributed by atoms with Gasteiger partial charge in [0.2, 0.25) is 0 Å². The molecule has 0 atom stereocenters. The quantitative estimate of drug-likeness (QED) is 0.554. The number of ether oxygens (including phenoxy) is 3. The van der Waals surface area contributed by atoms with Gasteiger partial charge in [0.1, 0.15) is 5.75 Å². The van der Waals surface area contributed by atoms with Gasteiger partial charge in [-0.15, -0.1) is 0 Å². The van der Waals surface area contributed by atoms with Gasteiger partial charge in [-0.3, -0.25) is 0 Å². The van der Waals surface area contributed by atoms with Crippen LogP contribution in [-0.4, -0.2) is 64.6 Å². The first-order chi connectivity index (χ1) is 13.6. The normalized spacial score (nSPS) is 17.2. The minimum atomic E-state index is 0.152. The lowest BCUT2D eigenvalue weighted by molar-refractivity contribution is -0.0527. The molecular formula is C23H40N2O3. The van der Waals surface area contributed by atoms with Crippen molar-refractivity contribution in [3.63, 3.8) is 0 Å². The Labute approximate surface area is 171 Å². The largest absolute Gasteiger partial charge is 0.490 e. The van der Waals surface area contributed by atoms with Gasteiger partial charge < -0.3 is 24.4 Å². The van der Waals surface area contributed by atoms with E-state index in [9.17, 15) is 0 Å². The first-order valence-corrected chi connectivity index (χ1v) is 10.9. The second kappa shape index (κ2) is 12.4. The highest BCUT2D eigenvalue weighted by Gasteiger charge is 2.36.